The van der Waals surface area contributed by atoms with Gasteiger partial charge in [0.25, 0.3) is 0 Å². The van der Waals surface area contributed by atoms with Crippen LogP contribution in [0.2, 0.25) is 0 Å². The average molecular weight is 327 g/mol. The van der Waals surface area contributed by atoms with Gasteiger partial charge in [-0.15, -0.1) is 0 Å². The van der Waals surface area contributed by atoms with Crippen molar-refractivity contribution < 1.29 is 19.1 Å². The lowest BCUT2D eigenvalue weighted by molar-refractivity contribution is -0.164. The van der Waals surface area contributed by atoms with Crippen LogP contribution in [0.1, 0.15) is 53.9 Å². The number of hydrogen-bond donors (Lipinski definition) is 0. The maximum absolute atomic E-state index is 11.4. The Bertz CT molecular complexity index is 381. The normalized spacial score (nSPS) is 22.9. The molecule has 0 aliphatic carbocycles. The van der Waals surface area contributed by atoms with Gasteiger partial charge in [-0.05, 0) is 33.2 Å². The third kappa shape index (κ3) is 8.74. The Morgan fingerprint density at radius 2 is 1.91 bits per heavy atom. The van der Waals surface area contributed by atoms with Crippen LogP contribution in [0, 0.1) is 5.92 Å². The summed E-state index contributed by atoms with van der Waals surface area (Å²) in [6, 6.07) is 0. The molecule has 5 heteroatoms. The first-order valence-corrected chi connectivity index (χ1v) is 8.58. The largest absolute Gasteiger partial charge is 0.462 e. The van der Waals surface area contributed by atoms with Crippen molar-refractivity contribution >= 4 is 11.9 Å². The highest BCUT2D eigenvalue weighted by Gasteiger charge is 2.37. The van der Waals surface area contributed by atoms with Gasteiger partial charge in [0, 0.05) is 32.9 Å². The molecule has 0 saturated carbocycles. The fraction of sp³-hybridized carbons (Fsp3) is 0.778. The fourth-order valence-corrected chi connectivity index (χ4v) is 2.85. The zero-order valence-electron chi connectivity index (χ0n) is 15.5. The first kappa shape index (κ1) is 21.6. The summed E-state index contributed by atoms with van der Waals surface area (Å²) in [6.07, 6.45) is 6.04. The molecular weight excluding hydrogens is 294 g/mol. The van der Waals surface area contributed by atoms with Gasteiger partial charge in [0.05, 0.1) is 0 Å². The van der Waals surface area contributed by atoms with Crippen LogP contribution >= 0.6 is 0 Å². The Morgan fingerprint density at radius 1 is 1.26 bits per heavy atom. The Morgan fingerprint density at radius 3 is 2.43 bits per heavy atom. The minimum Gasteiger partial charge on any atom is -0.462 e. The van der Waals surface area contributed by atoms with E-state index in [1.165, 1.54) is 13.8 Å². The van der Waals surface area contributed by atoms with Crippen molar-refractivity contribution in [3.8, 4) is 0 Å². The van der Waals surface area contributed by atoms with E-state index in [1.807, 2.05) is 33.9 Å². The Balaban J connectivity index is 0.00000232. The van der Waals surface area contributed by atoms with Gasteiger partial charge in [0.2, 0.25) is 0 Å². The first-order chi connectivity index (χ1) is 10.9. The zero-order valence-corrected chi connectivity index (χ0v) is 15.5. The topological polar surface area (TPSA) is 55.8 Å². The van der Waals surface area contributed by atoms with Gasteiger partial charge >= 0.3 is 11.9 Å². The van der Waals surface area contributed by atoms with Gasteiger partial charge in [-0.1, -0.05) is 26.0 Å². The monoisotopic (exact) mass is 327 g/mol. The molecule has 3 atom stereocenters. The van der Waals surface area contributed by atoms with E-state index < -0.39 is 0 Å². The summed E-state index contributed by atoms with van der Waals surface area (Å²) >= 11 is 0. The summed E-state index contributed by atoms with van der Waals surface area (Å²) in [4.78, 5) is 24.9. The molecule has 5 nitrogen and oxygen atoms in total. The average Bonchev–Trinajstić information content (AvgIpc) is 2.49. The number of esters is 2. The number of hydrogen-bond acceptors (Lipinski definition) is 5. The molecule has 0 aromatic rings. The number of piperidine rings is 1. The smallest absolute Gasteiger partial charge is 0.302 e. The minimum atomic E-state index is -0.282. The number of nitrogens with zero attached hydrogens (tertiary/aromatic N) is 1. The predicted octanol–water partition coefficient (Wildman–Crippen LogP) is 3.18. The van der Waals surface area contributed by atoms with Crippen LogP contribution in [-0.2, 0) is 19.1 Å². The summed E-state index contributed by atoms with van der Waals surface area (Å²) in [5.41, 5.74) is 0. The van der Waals surface area contributed by atoms with Crippen molar-refractivity contribution in [2.45, 2.75) is 66.1 Å². The maximum Gasteiger partial charge on any atom is 0.302 e. The van der Waals surface area contributed by atoms with Gasteiger partial charge in [0.1, 0.15) is 12.2 Å². The lowest BCUT2D eigenvalue weighted by atomic mass is 9.87. The van der Waals surface area contributed by atoms with E-state index in [2.05, 4.69) is 11.0 Å². The van der Waals surface area contributed by atoms with Crippen molar-refractivity contribution in [3.63, 3.8) is 0 Å². The second-order valence-corrected chi connectivity index (χ2v) is 5.66. The van der Waals surface area contributed by atoms with Crippen LogP contribution in [0.25, 0.3) is 0 Å². The predicted molar refractivity (Wildman–Crippen MR) is 92.1 cm³/mol. The number of likely N-dealkylation sites (tertiary alicyclic amines) is 1. The molecule has 1 aliphatic heterocycles. The zero-order chi connectivity index (χ0) is 17.8. The van der Waals surface area contributed by atoms with Gasteiger partial charge in [-0.25, -0.2) is 0 Å². The molecule has 0 radical (unpaired) electrons. The third-order valence-electron chi connectivity index (χ3n) is 3.76. The Labute approximate surface area is 141 Å². The quantitative estimate of drug-likeness (QED) is 0.554. The van der Waals surface area contributed by atoms with Crippen LogP contribution in [-0.4, -0.2) is 49.2 Å². The van der Waals surface area contributed by atoms with E-state index in [9.17, 15) is 9.59 Å². The van der Waals surface area contributed by atoms with Crippen LogP contribution in [0.4, 0.5) is 0 Å². The van der Waals surface area contributed by atoms with E-state index in [0.717, 1.165) is 32.4 Å². The highest BCUT2D eigenvalue weighted by molar-refractivity contribution is 5.66. The molecule has 3 unspecified atom stereocenters. The summed E-state index contributed by atoms with van der Waals surface area (Å²) in [6.45, 7) is 10.5. The number of carbonyl (C=O) groups is 2. The molecule has 0 spiro atoms. The van der Waals surface area contributed by atoms with Gasteiger partial charge < -0.3 is 14.4 Å². The minimum absolute atomic E-state index is 0.0295. The van der Waals surface area contributed by atoms with Gasteiger partial charge in [0.15, 0.2) is 0 Å². The number of allylic oxidation sites excluding steroid dienone is 2. The molecule has 1 rings (SSSR count). The molecular formula is C18H33NO4. The van der Waals surface area contributed by atoms with Crippen molar-refractivity contribution in [3.05, 3.63) is 12.2 Å². The van der Waals surface area contributed by atoms with Crippen LogP contribution in [0.15, 0.2) is 12.2 Å². The van der Waals surface area contributed by atoms with E-state index in [1.54, 1.807) is 0 Å². The second-order valence-electron chi connectivity index (χ2n) is 5.66. The third-order valence-corrected chi connectivity index (χ3v) is 3.76. The van der Waals surface area contributed by atoms with E-state index in [4.69, 9.17) is 9.47 Å². The van der Waals surface area contributed by atoms with Crippen LogP contribution in [0.5, 0.6) is 0 Å². The Kier molecular flexibility index (Phi) is 11.4. The molecule has 134 valence electrons. The first-order valence-electron chi connectivity index (χ1n) is 8.58. The molecule has 1 fully saturated rings. The second kappa shape index (κ2) is 12.1. The summed E-state index contributed by atoms with van der Waals surface area (Å²) < 4.78 is 11.0. The standard InChI is InChI=1S/C16H27NO4.C2H6/c1-5-6-7-8-15(20-12(2)18)14-11-17(4)10-9-16(14)21-13(3)19;1-2/h5-6,14-16H,7-11H2,1-4H3;1-2H3/b6-5+;. The molecule has 1 aliphatic rings. The molecule has 0 amide bonds. The molecule has 0 bridgehead atoms. The number of rotatable bonds is 6. The summed E-state index contributed by atoms with van der Waals surface area (Å²) in [7, 11) is 2.04. The SMILES string of the molecule is C/C=C/CCC(OC(C)=O)C1CN(C)CCC1OC(C)=O.CC. The van der Waals surface area contributed by atoms with Crippen molar-refractivity contribution in [1.82, 2.24) is 4.90 Å². The van der Waals surface area contributed by atoms with Crippen molar-refractivity contribution in [2.75, 3.05) is 20.1 Å². The lowest BCUT2D eigenvalue weighted by Gasteiger charge is -2.39. The number of carbonyl (C=O) groups excluding carboxylic acids is 2. The highest BCUT2D eigenvalue weighted by atomic mass is 16.6. The van der Waals surface area contributed by atoms with Crippen molar-refractivity contribution in [2.24, 2.45) is 5.92 Å². The van der Waals surface area contributed by atoms with Gasteiger partial charge in [-0.3, -0.25) is 9.59 Å². The van der Waals surface area contributed by atoms with Crippen molar-refractivity contribution in [1.29, 1.82) is 0 Å². The molecule has 0 N–H and O–H groups in total. The van der Waals surface area contributed by atoms with E-state index in [0.29, 0.717) is 0 Å². The lowest BCUT2D eigenvalue weighted by Crippen LogP contribution is -2.49. The maximum atomic E-state index is 11.4. The molecule has 23 heavy (non-hydrogen) atoms. The van der Waals surface area contributed by atoms with Crippen LogP contribution < -0.4 is 0 Å². The van der Waals surface area contributed by atoms with E-state index >= 15 is 0 Å². The summed E-state index contributed by atoms with van der Waals surface area (Å²) in [5.74, 6) is -0.526. The number of ether oxygens (including phenoxy) is 2. The Hall–Kier alpha value is -1.36. The molecule has 1 saturated heterocycles. The molecule has 0 aromatic heterocycles. The molecule has 1 heterocycles. The van der Waals surface area contributed by atoms with E-state index in [-0.39, 0.29) is 30.1 Å². The summed E-state index contributed by atoms with van der Waals surface area (Å²) in [5, 5.41) is 0. The van der Waals surface area contributed by atoms with Crippen LogP contribution in [0.3, 0.4) is 0 Å². The molecule has 0 aromatic carbocycles. The fourth-order valence-electron chi connectivity index (χ4n) is 2.85. The van der Waals surface area contributed by atoms with Gasteiger partial charge in [-0.2, -0.15) is 0 Å². The highest BCUT2D eigenvalue weighted by Crippen LogP contribution is 2.27.